The first kappa shape index (κ1) is 35.5. The lowest BCUT2D eigenvalue weighted by molar-refractivity contribution is -0.127. The second-order valence-corrected chi connectivity index (χ2v) is 12.9. The molecule has 43 heavy (non-hydrogen) atoms. The van der Waals surface area contributed by atoms with Gasteiger partial charge in [0, 0.05) is 11.5 Å². The summed E-state index contributed by atoms with van der Waals surface area (Å²) in [5, 5.41) is 20.6. The van der Waals surface area contributed by atoms with Crippen LogP contribution in [-0.2, 0) is 4.79 Å². The highest BCUT2D eigenvalue weighted by molar-refractivity contribution is 5.96. The summed E-state index contributed by atoms with van der Waals surface area (Å²) in [5.41, 5.74) is 8.24. The number of allylic oxidation sites excluding steroid dienone is 16. The Bertz CT molecular complexity index is 1450. The Labute approximate surface area is 260 Å². The number of aliphatic hydroxyl groups is 2. The molecular formula is C40H52O3. The average molecular weight is 581 g/mol. The van der Waals surface area contributed by atoms with Gasteiger partial charge in [0.15, 0.2) is 5.78 Å². The molecule has 2 atom stereocenters. The third-order valence-corrected chi connectivity index (χ3v) is 8.98. The topological polar surface area (TPSA) is 57.5 Å². The van der Waals surface area contributed by atoms with Crippen molar-refractivity contribution in [2.24, 2.45) is 10.8 Å². The smallest absolute Gasteiger partial charge is 0.165 e. The molecule has 0 heterocycles. The maximum atomic E-state index is 13.0. The third-order valence-electron chi connectivity index (χ3n) is 8.98. The zero-order valence-electron chi connectivity index (χ0n) is 28.0. The molecule has 0 aliphatic heterocycles. The molecule has 0 spiro atoms. The summed E-state index contributed by atoms with van der Waals surface area (Å²) in [4.78, 5) is 13.0. The Balaban J connectivity index is 1.93. The fourth-order valence-corrected chi connectivity index (χ4v) is 5.21. The molecule has 0 saturated heterocycles. The van der Waals surface area contributed by atoms with E-state index in [1.165, 1.54) is 33.9 Å². The van der Waals surface area contributed by atoms with Crippen molar-refractivity contribution in [3.8, 4) is 0 Å². The van der Waals surface area contributed by atoms with E-state index < -0.39 is 11.5 Å². The lowest BCUT2D eigenvalue weighted by Gasteiger charge is -2.35. The van der Waals surface area contributed by atoms with Crippen LogP contribution >= 0.6 is 0 Å². The molecule has 1 aliphatic rings. The van der Waals surface area contributed by atoms with Gasteiger partial charge in [-0.1, -0.05) is 123 Å². The first-order valence-electron chi connectivity index (χ1n) is 15.2. The van der Waals surface area contributed by atoms with Crippen molar-refractivity contribution in [2.75, 3.05) is 0 Å². The first-order chi connectivity index (χ1) is 20.1. The number of aliphatic hydroxyl groups excluding tert-OH is 2. The van der Waals surface area contributed by atoms with Crippen molar-refractivity contribution in [3.63, 3.8) is 0 Å². The number of ketones is 1. The van der Waals surface area contributed by atoms with Crippen molar-refractivity contribution in [2.45, 2.75) is 88.2 Å². The molecule has 0 bridgehead atoms. The van der Waals surface area contributed by atoms with Crippen molar-refractivity contribution in [3.05, 3.63) is 135 Å². The van der Waals surface area contributed by atoms with E-state index in [9.17, 15) is 15.0 Å². The lowest BCUT2D eigenvalue weighted by Crippen LogP contribution is -2.36. The Kier molecular flexibility index (Phi) is 13.0. The summed E-state index contributed by atoms with van der Waals surface area (Å²) in [6.07, 6.45) is 26.1. The van der Waals surface area contributed by atoms with Crippen LogP contribution in [0, 0.1) is 31.6 Å². The monoisotopic (exact) mass is 580 g/mol. The molecule has 0 amide bonds. The maximum Gasteiger partial charge on any atom is 0.165 e. The summed E-state index contributed by atoms with van der Waals surface area (Å²) in [6.45, 7) is 20.3. The van der Waals surface area contributed by atoms with Crippen LogP contribution in [0.1, 0.15) is 83.6 Å². The lowest BCUT2D eigenvalue weighted by atomic mass is 9.66. The van der Waals surface area contributed by atoms with E-state index in [-0.39, 0.29) is 17.0 Å². The molecule has 2 N–H and O–H groups in total. The van der Waals surface area contributed by atoms with Crippen LogP contribution in [0.15, 0.2) is 113 Å². The molecule has 0 unspecified atom stereocenters. The van der Waals surface area contributed by atoms with Gasteiger partial charge < -0.3 is 10.2 Å². The molecule has 2 rings (SSSR count). The minimum Gasteiger partial charge on any atom is -0.508 e. The summed E-state index contributed by atoms with van der Waals surface area (Å²) in [7, 11) is 0. The van der Waals surface area contributed by atoms with Gasteiger partial charge in [-0.2, -0.15) is 0 Å². The van der Waals surface area contributed by atoms with Crippen molar-refractivity contribution >= 4 is 11.9 Å². The maximum absolute atomic E-state index is 13.0. The van der Waals surface area contributed by atoms with Crippen LogP contribution in [0.25, 0.3) is 6.08 Å². The number of carbonyl (C=O) groups is 1. The van der Waals surface area contributed by atoms with Gasteiger partial charge in [0.2, 0.25) is 0 Å². The highest BCUT2D eigenvalue weighted by Gasteiger charge is 2.53. The molecule has 230 valence electrons. The van der Waals surface area contributed by atoms with E-state index in [0.717, 1.165) is 11.1 Å². The molecule has 1 aliphatic carbocycles. The van der Waals surface area contributed by atoms with Gasteiger partial charge >= 0.3 is 0 Å². The molecule has 1 fully saturated rings. The molecule has 1 aromatic carbocycles. The quantitative estimate of drug-likeness (QED) is 0.155. The fraction of sp³-hybridized carbons (Fsp3) is 0.375. The highest BCUT2D eigenvalue weighted by atomic mass is 16.3. The van der Waals surface area contributed by atoms with E-state index in [2.05, 4.69) is 83.2 Å². The number of hydrogen-bond donors (Lipinski definition) is 2. The van der Waals surface area contributed by atoms with Crippen molar-refractivity contribution < 1.29 is 15.0 Å². The van der Waals surface area contributed by atoms with Crippen molar-refractivity contribution in [1.82, 2.24) is 0 Å². The largest absolute Gasteiger partial charge is 0.508 e. The number of rotatable bonds is 11. The number of aryl methyl sites for hydroxylation is 1. The van der Waals surface area contributed by atoms with Crippen LogP contribution in [0.2, 0.25) is 0 Å². The van der Waals surface area contributed by atoms with E-state index >= 15 is 0 Å². The van der Waals surface area contributed by atoms with E-state index in [1.807, 2.05) is 58.1 Å². The SMILES string of the molecule is CC(/C=C/C=C(C)/C=C/c1ccc(C)c(C)c1C)=C\C=C\C=C(C)\C=C\C=C(C)\C(O)=C\C(=O)[C@]1(C)C[C@@H](O)CC1(C)C. The van der Waals surface area contributed by atoms with Gasteiger partial charge in [0.25, 0.3) is 0 Å². The molecule has 3 nitrogen and oxygen atoms in total. The predicted molar refractivity (Wildman–Crippen MR) is 185 cm³/mol. The Morgan fingerprint density at radius 1 is 0.767 bits per heavy atom. The summed E-state index contributed by atoms with van der Waals surface area (Å²) in [6, 6.07) is 4.36. The fourth-order valence-electron chi connectivity index (χ4n) is 5.21. The molecule has 0 radical (unpaired) electrons. The minimum atomic E-state index is -0.696. The first-order valence-corrected chi connectivity index (χ1v) is 15.2. The zero-order valence-corrected chi connectivity index (χ0v) is 28.0. The van der Waals surface area contributed by atoms with E-state index in [4.69, 9.17) is 0 Å². The van der Waals surface area contributed by atoms with Gasteiger partial charge in [0.05, 0.1) is 6.10 Å². The Morgan fingerprint density at radius 3 is 1.86 bits per heavy atom. The van der Waals surface area contributed by atoms with Gasteiger partial charge in [-0.3, -0.25) is 4.79 Å². The third kappa shape index (κ3) is 10.2. The number of benzene rings is 1. The van der Waals surface area contributed by atoms with Gasteiger partial charge in [0.1, 0.15) is 5.76 Å². The van der Waals surface area contributed by atoms with Crippen LogP contribution in [0.3, 0.4) is 0 Å². The average Bonchev–Trinajstić information content (AvgIpc) is 3.15. The van der Waals surface area contributed by atoms with Crippen LogP contribution in [-0.4, -0.2) is 22.1 Å². The molecule has 3 heteroatoms. The van der Waals surface area contributed by atoms with Gasteiger partial charge in [-0.25, -0.2) is 0 Å². The van der Waals surface area contributed by atoms with Crippen molar-refractivity contribution in [1.29, 1.82) is 0 Å². The zero-order chi connectivity index (χ0) is 32.4. The van der Waals surface area contributed by atoms with Crippen LogP contribution in [0.4, 0.5) is 0 Å². The number of hydrogen-bond acceptors (Lipinski definition) is 3. The minimum absolute atomic E-state index is 0.0410. The Hall–Kier alpha value is -3.69. The molecular weight excluding hydrogens is 528 g/mol. The summed E-state index contributed by atoms with van der Waals surface area (Å²) in [5.74, 6) is -0.185. The second kappa shape index (κ2) is 15.7. The second-order valence-electron chi connectivity index (χ2n) is 12.9. The molecule has 1 saturated carbocycles. The summed E-state index contributed by atoms with van der Waals surface area (Å²) >= 11 is 0. The summed E-state index contributed by atoms with van der Waals surface area (Å²) < 4.78 is 0. The standard InChI is InChI=1S/C40H52O3/c1-28(17-13-18-30(3)21-23-35-24-22-31(4)33(6)34(35)7)15-11-12-16-29(2)19-14-20-32(5)37(42)25-38(43)40(10)27-36(41)26-39(40,8)9/h11-25,36,41-42H,26-27H2,1-10H3/b12-11+,17-13+,19-14+,23-21+,28-15+,29-16+,30-18+,32-20+,37-25-/t36-,40-/m0/s1. The normalized spacial score (nSPS) is 22.7. The van der Waals surface area contributed by atoms with E-state index in [1.54, 1.807) is 13.0 Å². The van der Waals surface area contributed by atoms with Crippen LogP contribution in [0.5, 0.6) is 0 Å². The molecule has 0 aromatic heterocycles. The predicted octanol–water partition coefficient (Wildman–Crippen LogP) is 10.3. The highest BCUT2D eigenvalue weighted by Crippen LogP contribution is 2.53. The van der Waals surface area contributed by atoms with Gasteiger partial charge in [-0.05, 0) is 94.5 Å². The van der Waals surface area contributed by atoms with Gasteiger partial charge in [-0.15, -0.1) is 0 Å². The number of carbonyl (C=O) groups excluding carboxylic acids is 1. The van der Waals surface area contributed by atoms with Crippen LogP contribution < -0.4 is 0 Å². The Morgan fingerprint density at radius 2 is 1.30 bits per heavy atom. The van der Waals surface area contributed by atoms with E-state index in [0.29, 0.717) is 18.4 Å². The molecule has 1 aromatic rings.